The number of anilines is 1. The maximum atomic E-state index is 13.9. The third-order valence-corrected chi connectivity index (χ3v) is 7.03. The van der Waals surface area contributed by atoms with Gasteiger partial charge in [-0.25, -0.2) is 8.78 Å². The highest BCUT2D eigenvalue weighted by Crippen LogP contribution is 2.45. The Morgan fingerprint density at radius 2 is 1.94 bits per heavy atom. The molecule has 2 aliphatic heterocycles. The van der Waals surface area contributed by atoms with Crippen LogP contribution in [0, 0.1) is 11.6 Å². The molecule has 0 unspecified atom stereocenters. The van der Waals surface area contributed by atoms with E-state index in [2.05, 4.69) is 5.32 Å². The Labute approximate surface area is 187 Å². The molecule has 0 radical (unpaired) electrons. The molecule has 2 atom stereocenters. The average Bonchev–Trinajstić information content (AvgIpc) is 3.04. The molecule has 2 amide bonds. The van der Waals surface area contributed by atoms with Crippen LogP contribution < -0.4 is 10.7 Å². The first-order valence-electron chi connectivity index (χ1n) is 10.9. The number of aromatic nitrogens is 1. The number of pyridine rings is 1. The van der Waals surface area contributed by atoms with Crippen LogP contribution in [-0.4, -0.2) is 44.3 Å². The molecule has 2 N–H and O–H groups in total. The van der Waals surface area contributed by atoms with Gasteiger partial charge in [-0.3, -0.25) is 14.4 Å². The predicted molar refractivity (Wildman–Crippen MR) is 113 cm³/mol. The van der Waals surface area contributed by atoms with Crippen LogP contribution in [0.1, 0.15) is 59.9 Å². The summed E-state index contributed by atoms with van der Waals surface area (Å²) in [4.78, 5) is 40.3. The van der Waals surface area contributed by atoms with Gasteiger partial charge in [-0.05, 0) is 31.9 Å². The molecule has 8 nitrogen and oxygen atoms in total. The Morgan fingerprint density at radius 1 is 1.21 bits per heavy atom. The minimum absolute atomic E-state index is 0.131. The third-order valence-electron chi connectivity index (χ3n) is 7.03. The number of halogens is 2. The van der Waals surface area contributed by atoms with E-state index in [-0.39, 0.29) is 24.0 Å². The molecule has 1 aromatic carbocycles. The van der Waals surface area contributed by atoms with Gasteiger partial charge in [0.15, 0.2) is 17.7 Å². The van der Waals surface area contributed by atoms with E-state index in [4.69, 9.17) is 4.74 Å². The van der Waals surface area contributed by atoms with E-state index in [0.717, 1.165) is 44.2 Å². The van der Waals surface area contributed by atoms with Crippen molar-refractivity contribution in [2.45, 2.75) is 63.4 Å². The fraction of sp³-hybridized carbons (Fsp3) is 0.435. The second-order valence-electron chi connectivity index (χ2n) is 8.89. The summed E-state index contributed by atoms with van der Waals surface area (Å²) >= 11 is 0. The number of hydrogen-bond acceptors (Lipinski definition) is 5. The molecule has 33 heavy (non-hydrogen) atoms. The highest BCUT2D eigenvalue weighted by atomic mass is 19.1. The van der Waals surface area contributed by atoms with Crippen molar-refractivity contribution in [3.8, 4) is 5.75 Å². The van der Waals surface area contributed by atoms with Gasteiger partial charge in [-0.1, -0.05) is 19.3 Å². The first-order valence-corrected chi connectivity index (χ1v) is 10.9. The number of benzene rings is 1. The number of nitrogens with zero attached hydrogens (tertiary/aromatic N) is 2. The Morgan fingerprint density at radius 3 is 2.64 bits per heavy atom. The standard InChI is InChI=1S/C23H23F2N3O5/c1-12-23(7-3-2-4-8-23)33-17-11-27-10-14(19(29)20(30)18(27)22(32)28(12)17)21(31)26-16-6-5-13(24)9-15(16)25/h5-6,9-10,12,17,30H,2-4,7-8,11H2,1H3,(H,26,31)/t12-,17+/m1/s1. The van der Waals surface area contributed by atoms with Crippen LogP contribution in [0.25, 0.3) is 0 Å². The quantitative estimate of drug-likeness (QED) is 0.719. The van der Waals surface area contributed by atoms with Crippen molar-refractivity contribution in [1.29, 1.82) is 0 Å². The zero-order chi connectivity index (χ0) is 23.5. The molecule has 5 rings (SSSR count). The van der Waals surface area contributed by atoms with Crippen molar-refractivity contribution in [3.63, 3.8) is 0 Å². The largest absolute Gasteiger partial charge is 0.503 e. The molecule has 1 saturated carbocycles. The Kier molecular flexibility index (Phi) is 5.00. The van der Waals surface area contributed by atoms with Gasteiger partial charge in [-0.15, -0.1) is 0 Å². The zero-order valence-corrected chi connectivity index (χ0v) is 17.9. The molecule has 1 aliphatic carbocycles. The molecule has 1 saturated heterocycles. The fourth-order valence-electron chi connectivity index (χ4n) is 5.30. The van der Waals surface area contributed by atoms with Crippen LogP contribution in [0.5, 0.6) is 5.75 Å². The number of ether oxygens (including phenoxy) is 1. The molecule has 0 bridgehead atoms. The minimum Gasteiger partial charge on any atom is -0.503 e. The van der Waals surface area contributed by atoms with E-state index < -0.39 is 52.0 Å². The zero-order valence-electron chi connectivity index (χ0n) is 17.9. The monoisotopic (exact) mass is 459 g/mol. The molecule has 2 aromatic rings. The van der Waals surface area contributed by atoms with Crippen molar-refractivity contribution >= 4 is 17.5 Å². The lowest BCUT2D eigenvalue weighted by atomic mass is 9.80. The van der Waals surface area contributed by atoms with Crippen LogP contribution in [0.15, 0.2) is 29.2 Å². The number of hydrogen-bond donors (Lipinski definition) is 2. The Balaban J connectivity index is 1.49. The Bertz CT molecular complexity index is 1220. The number of rotatable bonds is 2. The van der Waals surface area contributed by atoms with Gasteiger partial charge in [0, 0.05) is 12.3 Å². The van der Waals surface area contributed by atoms with Crippen molar-refractivity contribution in [2.75, 3.05) is 5.32 Å². The molecular weight excluding hydrogens is 436 g/mol. The lowest BCUT2D eigenvalue weighted by Crippen LogP contribution is -2.51. The number of fused-ring (bicyclic) bond motifs is 2. The van der Waals surface area contributed by atoms with Crippen LogP contribution in [0.4, 0.5) is 14.5 Å². The van der Waals surface area contributed by atoms with Gasteiger partial charge < -0.3 is 24.6 Å². The van der Waals surface area contributed by atoms with E-state index in [0.29, 0.717) is 6.07 Å². The molecule has 3 heterocycles. The van der Waals surface area contributed by atoms with Crippen molar-refractivity contribution in [2.24, 2.45) is 0 Å². The second kappa shape index (κ2) is 7.65. The summed E-state index contributed by atoms with van der Waals surface area (Å²) in [6, 6.07) is 2.36. The molecule has 3 aliphatic rings. The van der Waals surface area contributed by atoms with Crippen LogP contribution >= 0.6 is 0 Å². The normalized spacial score (nSPS) is 23.4. The molecule has 1 spiro atoms. The van der Waals surface area contributed by atoms with E-state index in [1.54, 1.807) is 4.90 Å². The highest BCUT2D eigenvalue weighted by molar-refractivity contribution is 6.05. The third kappa shape index (κ3) is 3.31. The first-order chi connectivity index (χ1) is 15.7. The topological polar surface area (TPSA) is 101 Å². The van der Waals surface area contributed by atoms with Gasteiger partial charge in [0.2, 0.25) is 5.43 Å². The summed E-state index contributed by atoms with van der Waals surface area (Å²) in [5, 5.41) is 12.8. The smallest absolute Gasteiger partial charge is 0.276 e. The SMILES string of the molecule is C[C@H]1N2C(=O)c3c(O)c(=O)c(C(=O)Nc4ccc(F)cc4F)cn3C[C@@H]2OC12CCCCC2. The lowest BCUT2D eigenvalue weighted by molar-refractivity contribution is -0.0832. The van der Waals surface area contributed by atoms with E-state index in [1.807, 2.05) is 6.92 Å². The van der Waals surface area contributed by atoms with E-state index >= 15 is 0 Å². The first kappa shape index (κ1) is 21.6. The van der Waals surface area contributed by atoms with Crippen LogP contribution in [0.2, 0.25) is 0 Å². The van der Waals surface area contributed by atoms with Crippen LogP contribution in [0.3, 0.4) is 0 Å². The van der Waals surface area contributed by atoms with Crippen molar-refractivity contribution in [1.82, 2.24) is 9.47 Å². The summed E-state index contributed by atoms with van der Waals surface area (Å²) in [6.07, 6.45) is 5.34. The van der Waals surface area contributed by atoms with E-state index in [1.165, 1.54) is 10.8 Å². The summed E-state index contributed by atoms with van der Waals surface area (Å²) < 4.78 is 34.8. The Hall–Kier alpha value is -3.27. The molecule has 1 aromatic heterocycles. The number of aromatic hydroxyl groups is 1. The number of amides is 2. The number of carbonyl (C=O) groups is 2. The van der Waals surface area contributed by atoms with Gasteiger partial charge in [0.1, 0.15) is 17.2 Å². The predicted octanol–water partition coefficient (Wildman–Crippen LogP) is 2.99. The minimum atomic E-state index is -1.05. The highest BCUT2D eigenvalue weighted by Gasteiger charge is 2.55. The maximum absolute atomic E-state index is 13.9. The van der Waals surface area contributed by atoms with Gasteiger partial charge in [0.25, 0.3) is 11.8 Å². The van der Waals surface area contributed by atoms with Crippen molar-refractivity contribution < 1.29 is 28.2 Å². The average molecular weight is 459 g/mol. The van der Waals surface area contributed by atoms with Gasteiger partial charge in [0.05, 0.1) is 23.9 Å². The van der Waals surface area contributed by atoms with Crippen LogP contribution in [-0.2, 0) is 11.3 Å². The summed E-state index contributed by atoms with van der Waals surface area (Å²) in [6.45, 7) is 2.05. The molecule has 174 valence electrons. The summed E-state index contributed by atoms with van der Waals surface area (Å²) in [7, 11) is 0. The van der Waals surface area contributed by atoms with Gasteiger partial charge in [-0.2, -0.15) is 0 Å². The summed E-state index contributed by atoms with van der Waals surface area (Å²) in [5.74, 6) is -4.20. The van der Waals surface area contributed by atoms with E-state index in [9.17, 15) is 28.3 Å². The second-order valence-corrected chi connectivity index (χ2v) is 8.89. The molecular formula is C23H23F2N3O5. The molecule has 2 fully saturated rings. The fourth-order valence-corrected chi connectivity index (χ4v) is 5.30. The maximum Gasteiger partial charge on any atom is 0.276 e. The number of nitrogens with one attached hydrogen (secondary N) is 1. The lowest BCUT2D eigenvalue weighted by Gasteiger charge is -2.37. The number of carbonyl (C=O) groups excluding carboxylic acids is 2. The van der Waals surface area contributed by atoms with Gasteiger partial charge >= 0.3 is 0 Å². The molecule has 10 heteroatoms. The van der Waals surface area contributed by atoms with Crippen molar-refractivity contribution in [3.05, 3.63) is 57.5 Å². The summed E-state index contributed by atoms with van der Waals surface area (Å²) in [5.41, 5.74) is -2.51.